The van der Waals surface area contributed by atoms with Crippen molar-refractivity contribution < 1.29 is 4.42 Å². The second kappa shape index (κ2) is 5.85. The minimum Gasteiger partial charge on any atom is -0.423 e. The average Bonchev–Trinajstić information content (AvgIpc) is 2.69. The minimum atomic E-state index is 0.144. The smallest absolute Gasteiger partial charge is 0.233 e. The van der Waals surface area contributed by atoms with Crippen LogP contribution in [0.15, 0.2) is 4.42 Å². The summed E-state index contributed by atoms with van der Waals surface area (Å²) in [6, 6.07) is 0.144. The van der Waals surface area contributed by atoms with Crippen LogP contribution in [0.4, 0.5) is 0 Å². The van der Waals surface area contributed by atoms with Gasteiger partial charge in [-0.1, -0.05) is 20.8 Å². The molecule has 0 aromatic carbocycles. The fourth-order valence-corrected chi connectivity index (χ4v) is 1.62. The zero-order valence-electron chi connectivity index (χ0n) is 10.1. The predicted octanol–water partition coefficient (Wildman–Crippen LogP) is 2.64. The zero-order chi connectivity index (χ0) is 11.3. The van der Waals surface area contributed by atoms with Crippen LogP contribution < -0.4 is 5.32 Å². The second-order valence-electron chi connectivity index (χ2n) is 3.77. The Hall–Kier alpha value is -0.900. The zero-order valence-corrected chi connectivity index (χ0v) is 10.1. The largest absolute Gasteiger partial charge is 0.423 e. The molecule has 0 amide bonds. The van der Waals surface area contributed by atoms with Crippen molar-refractivity contribution in [3.05, 3.63) is 11.8 Å². The van der Waals surface area contributed by atoms with Crippen molar-refractivity contribution in [3.63, 3.8) is 0 Å². The van der Waals surface area contributed by atoms with Crippen LogP contribution in [0.1, 0.15) is 64.3 Å². The molecule has 0 bridgehead atoms. The summed E-state index contributed by atoms with van der Waals surface area (Å²) < 4.78 is 5.66. The lowest BCUT2D eigenvalue weighted by molar-refractivity contribution is 0.370. The lowest BCUT2D eigenvalue weighted by Gasteiger charge is -2.07. The first-order valence-corrected chi connectivity index (χ1v) is 5.79. The molecule has 0 radical (unpaired) electrons. The van der Waals surface area contributed by atoms with E-state index in [1.54, 1.807) is 0 Å². The predicted molar refractivity (Wildman–Crippen MR) is 59.7 cm³/mol. The van der Waals surface area contributed by atoms with Crippen LogP contribution >= 0.6 is 0 Å². The van der Waals surface area contributed by atoms with Crippen molar-refractivity contribution in [1.29, 1.82) is 0 Å². The first-order chi connectivity index (χ1) is 7.22. The van der Waals surface area contributed by atoms with Gasteiger partial charge in [0, 0.05) is 5.92 Å². The molecule has 15 heavy (non-hydrogen) atoms. The van der Waals surface area contributed by atoms with E-state index in [0.29, 0.717) is 11.8 Å². The van der Waals surface area contributed by atoms with Crippen LogP contribution in [0.25, 0.3) is 0 Å². The van der Waals surface area contributed by atoms with E-state index in [-0.39, 0.29) is 6.04 Å². The number of hydrogen-bond donors (Lipinski definition) is 1. The molecule has 0 aliphatic rings. The summed E-state index contributed by atoms with van der Waals surface area (Å²) in [5, 5.41) is 11.4. The van der Waals surface area contributed by atoms with E-state index in [4.69, 9.17) is 4.42 Å². The summed E-state index contributed by atoms with van der Waals surface area (Å²) in [6.45, 7) is 9.30. The van der Waals surface area contributed by atoms with Crippen molar-refractivity contribution in [2.24, 2.45) is 0 Å². The number of rotatable bonds is 6. The van der Waals surface area contributed by atoms with Gasteiger partial charge in [-0.3, -0.25) is 0 Å². The van der Waals surface area contributed by atoms with Gasteiger partial charge in [-0.05, 0) is 26.3 Å². The highest BCUT2D eigenvalue weighted by molar-refractivity contribution is 4.93. The van der Waals surface area contributed by atoms with Crippen LogP contribution in [0.2, 0.25) is 0 Å². The lowest BCUT2D eigenvalue weighted by Crippen LogP contribution is -2.17. The summed E-state index contributed by atoms with van der Waals surface area (Å²) in [6.07, 6.45) is 2.10. The van der Waals surface area contributed by atoms with Crippen molar-refractivity contribution in [2.45, 2.75) is 52.5 Å². The third-order valence-corrected chi connectivity index (χ3v) is 2.67. The lowest BCUT2D eigenvalue weighted by atomic mass is 10.0. The van der Waals surface area contributed by atoms with Gasteiger partial charge < -0.3 is 9.73 Å². The molecule has 1 aromatic heterocycles. The topological polar surface area (TPSA) is 51.0 Å². The van der Waals surface area contributed by atoms with Crippen LogP contribution in [-0.4, -0.2) is 16.7 Å². The molecular formula is C11H21N3O. The van der Waals surface area contributed by atoms with E-state index in [2.05, 4.69) is 36.3 Å². The minimum absolute atomic E-state index is 0.144. The average molecular weight is 211 g/mol. The van der Waals surface area contributed by atoms with E-state index in [9.17, 15) is 0 Å². The van der Waals surface area contributed by atoms with Crippen LogP contribution in [-0.2, 0) is 0 Å². The summed E-state index contributed by atoms with van der Waals surface area (Å²) in [7, 11) is 0. The highest BCUT2D eigenvalue weighted by Gasteiger charge is 2.17. The van der Waals surface area contributed by atoms with Gasteiger partial charge in [0.25, 0.3) is 0 Å². The second-order valence-corrected chi connectivity index (χ2v) is 3.77. The van der Waals surface area contributed by atoms with E-state index in [0.717, 1.165) is 25.3 Å². The molecule has 1 aromatic rings. The Bertz CT molecular complexity index is 281. The van der Waals surface area contributed by atoms with Gasteiger partial charge in [-0.15, -0.1) is 10.2 Å². The Labute approximate surface area is 91.5 Å². The maximum absolute atomic E-state index is 5.66. The molecule has 0 saturated carbocycles. The first kappa shape index (κ1) is 12.2. The molecule has 1 unspecified atom stereocenters. The van der Waals surface area contributed by atoms with Crippen molar-refractivity contribution in [1.82, 2.24) is 15.5 Å². The Morgan fingerprint density at radius 3 is 2.27 bits per heavy atom. The van der Waals surface area contributed by atoms with E-state index < -0.39 is 0 Å². The third kappa shape index (κ3) is 3.02. The number of aromatic nitrogens is 2. The van der Waals surface area contributed by atoms with Gasteiger partial charge in [0.2, 0.25) is 11.8 Å². The van der Waals surface area contributed by atoms with Crippen LogP contribution in [0, 0.1) is 0 Å². The maximum Gasteiger partial charge on any atom is 0.233 e. The highest BCUT2D eigenvalue weighted by Crippen LogP contribution is 2.22. The summed E-state index contributed by atoms with van der Waals surface area (Å²) in [4.78, 5) is 0. The van der Waals surface area contributed by atoms with E-state index in [1.807, 2.05) is 6.92 Å². The van der Waals surface area contributed by atoms with Gasteiger partial charge in [0.05, 0.1) is 6.04 Å². The Morgan fingerprint density at radius 2 is 1.73 bits per heavy atom. The molecule has 1 N–H and O–H groups in total. The molecule has 0 aliphatic carbocycles. The van der Waals surface area contributed by atoms with Crippen LogP contribution in [0.3, 0.4) is 0 Å². The fraction of sp³-hybridized carbons (Fsp3) is 0.818. The van der Waals surface area contributed by atoms with Gasteiger partial charge in [0.15, 0.2) is 0 Å². The summed E-state index contributed by atoms with van der Waals surface area (Å²) in [5.41, 5.74) is 0. The van der Waals surface area contributed by atoms with Gasteiger partial charge in [-0.25, -0.2) is 0 Å². The Morgan fingerprint density at radius 1 is 1.13 bits per heavy atom. The summed E-state index contributed by atoms with van der Waals surface area (Å²) >= 11 is 0. The molecule has 1 atom stereocenters. The Kier molecular flexibility index (Phi) is 4.75. The van der Waals surface area contributed by atoms with Crippen molar-refractivity contribution >= 4 is 0 Å². The molecule has 0 saturated heterocycles. The molecule has 1 rings (SSSR count). The molecule has 0 spiro atoms. The fourth-order valence-electron chi connectivity index (χ4n) is 1.62. The summed E-state index contributed by atoms with van der Waals surface area (Å²) in [5.74, 6) is 1.87. The van der Waals surface area contributed by atoms with E-state index >= 15 is 0 Å². The van der Waals surface area contributed by atoms with Crippen molar-refractivity contribution in [3.8, 4) is 0 Å². The molecule has 86 valence electrons. The standard InChI is InChI=1S/C11H21N3O/c1-5-9(6-2)11-14-13-10(15-11)8(4)12-7-3/h8-9,12H,5-7H2,1-4H3. The molecule has 4 nitrogen and oxygen atoms in total. The van der Waals surface area contributed by atoms with Gasteiger partial charge >= 0.3 is 0 Å². The Balaban J connectivity index is 2.70. The third-order valence-electron chi connectivity index (χ3n) is 2.67. The number of nitrogens with zero attached hydrogens (tertiary/aromatic N) is 2. The maximum atomic E-state index is 5.66. The van der Waals surface area contributed by atoms with Crippen molar-refractivity contribution in [2.75, 3.05) is 6.54 Å². The van der Waals surface area contributed by atoms with Crippen LogP contribution in [0.5, 0.6) is 0 Å². The molecule has 4 heteroatoms. The normalized spacial score (nSPS) is 13.4. The number of hydrogen-bond acceptors (Lipinski definition) is 4. The quantitative estimate of drug-likeness (QED) is 0.786. The molecule has 0 fully saturated rings. The van der Waals surface area contributed by atoms with Gasteiger partial charge in [-0.2, -0.15) is 0 Å². The molecular weight excluding hydrogens is 190 g/mol. The molecule has 1 heterocycles. The highest BCUT2D eigenvalue weighted by atomic mass is 16.4. The first-order valence-electron chi connectivity index (χ1n) is 5.79. The number of nitrogens with one attached hydrogen (secondary N) is 1. The SMILES string of the molecule is CCNC(C)c1nnc(C(CC)CC)o1. The molecule has 0 aliphatic heterocycles. The monoisotopic (exact) mass is 211 g/mol. The van der Waals surface area contributed by atoms with Gasteiger partial charge in [0.1, 0.15) is 0 Å². The van der Waals surface area contributed by atoms with E-state index in [1.165, 1.54) is 0 Å².